The Balaban J connectivity index is 2.21. The molecule has 4 rings (SSSR count). The number of para-hydroxylation sites is 1. The summed E-state index contributed by atoms with van der Waals surface area (Å²) in [6.07, 6.45) is 5.59. The molecule has 0 saturated heterocycles. The topological polar surface area (TPSA) is 21.6 Å². The molecular formula is C17H11NO. The number of benzene rings is 2. The highest BCUT2D eigenvalue weighted by Gasteiger charge is 2.19. The van der Waals surface area contributed by atoms with Crippen molar-refractivity contribution in [3.05, 3.63) is 76.5 Å². The Labute approximate surface area is 110 Å². The number of nitrogens with zero attached hydrogens (tertiary/aromatic N) is 1. The normalized spacial score (nSPS) is 15.2. The molecule has 0 fully saturated rings. The van der Waals surface area contributed by atoms with Crippen LogP contribution in [-0.4, -0.2) is 6.21 Å². The summed E-state index contributed by atoms with van der Waals surface area (Å²) in [5.74, 6) is 0.883. The minimum absolute atomic E-state index is 0.875. The summed E-state index contributed by atoms with van der Waals surface area (Å²) in [6.45, 7) is 0. The number of hydrogen-bond donors (Lipinski definition) is 0. The van der Waals surface area contributed by atoms with Crippen LogP contribution in [-0.2, 0) is 0 Å². The van der Waals surface area contributed by atoms with E-state index in [-0.39, 0.29) is 0 Å². The Morgan fingerprint density at radius 1 is 0.895 bits per heavy atom. The van der Waals surface area contributed by atoms with Crippen LogP contribution in [0.2, 0.25) is 0 Å². The molecule has 2 aromatic carbocycles. The third kappa shape index (κ3) is 1.54. The van der Waals surface area contributed by atoms with Gasteiger partial charge in [-0.1, -0.05) is 42.5 Å². The van der Waals surface area contributed by atoms with Gasteiger partial charge in [0.05, 0.1) is 0 Å². The first-order valence-electron chi connectivity index (χ1n) is 6.24. The molecule has 0 radical (unpaired) electrons. The van der Waals surface area contributed by atoms with Crippen molar-refractivity contribution in [2.45, 2.75) is 0 Å². The van der Waals surface area contributed by atoms with E-state index in [0.717, 1.165) is 22.6 Å². The Kier molecular flexibility index (Phi) is 2.15. The maximum atomic E-state index is 5.65. The van der Waals surface area contributed by atoms with Gasteiger partial charge >= 0.3 is 0 Å². The van der Waals surface area contributed by atoms with Crippen molar-refractivity contribution in [1.82, 2.24) is 0 Å². The van der Waals surface area contributed by atoms with Crippen LogP contribution < -0.4 is 15.2 Å². The lowest BCUT2D eigenvalue weighted by molar-refractivity contribution is 0.470. The average Bonchev–Trinajstić information content (AvgIpc) is 2.66. The Hall–Kier alpha value is -2.61. The van der Waals surface area contributed by atoms with Crippen molar-refractivity contribution in [3.8, 4) is 5.75 Å². The molecule has 2 aliphatic rings. The van der Waals surface area contributed by atoms with Crippen molar-refractivity contribution in [2.24, 2.45) is 4.99 Å². The lowest BCUT2D eigenvalue weighted by Crippen LogP contribution is -2.27. The Morgan fingerprint density at radius 3 is 2.74 bits per heavy atom. The molecule has 0 aromatic heterocycles. The number of hydrogen-bond acceptors (Lipinski definition) is 2. The van der Waals surface area contributed by atoms with Crippen LogP contribution in [0.4, 0.5) is 0 Å². The van der Waals surface area contributed by atoms with E-state index in [1.807, 2.05) is 36.6 Å². The molecule has 90 valence electrons. The fourth-order valence-electron chi connectivity index (χ4n) is 2.54. The molecule has 0 amide bonds. The lowest BCUT2D eigenvalue weighted by Gasteiger charge is -2.17. The molecule has 0 unspecified atom stereocenters. The lowest BCUT2D eigenvalue weighted by atomic mass is 9.97. The first kappa shape index (κ1) is 10.3. The van der Waals surface area contributed by atoms with Crippen LogP contribution in [0, 0.1) is 0 Å². The molecule has 2 nitrogen and oxygen atoms in total. The molecular weight excluding hydrogens is 234 g/mol. The van der Waals surface area contributed by atoms with Crippen LogP contribution in [0.15, 0.2) is 65.5 Å². The molecule has 0 aliphatic carbocycles. The fourth-order valence-corrected chi connectivity index (χ4v) is 2.54. The van der Waals surface area contributed by atoms with E-state index in [0.29, 0.717) is 0 Å². The number of aliphatic imine (C=N–C) groups is 1. The second kappa shape index (κ2) is 3.95. The highest BCUT2D eigenvalue weighted by molar-refractivity contribution is 5.96. The summed E-state index contributed by atoms with van der Waals surface area (Å²) >= 11 is 0. The van der Waals surface area contributed by atoms with Gasteiger partial charge in [-0.05, 0) is 22.6 Å². The second-order valence-electron chi connectivity index (χ2n) is 4.52. The molecule has 19 heavy (non-hydrogen) atoms. The SMILES string of the molecule is C1=NC2=COc3ccccc3C2=c2ccccc2=C1. The van der Waals surface area contributed by atoms with Gasteiger partial charge in [0.15, 0.2) is 0 Å². The standard InChI is InChI=1S/C17H11NO/c1-2-6-13-12(5-1)9-10-18-15-11-19-16-8-4-3-7-14(16)17(13)15/h1-11H. The van der Waals surface area contributed by atoms with Gasteiger partial charge in [-0.2, -0.15) is 0 Å². The van der Waals surface area contributed by atoms with Gasteiger partial charge in [0.25, 0.3) is 0 Å². The van der Waals surface area contributed by atoms with Gasteiger partial charge in [0.2, 0.25) is 0 Å². The van der Waals surface area contributed by atoms with Gasteiger partial charge in [-0.25, -0.2) is 0 Å². The monoisotopic (exact) mass is 245 g/mol. The van der Waals surface area contributed by atoms with Gasteiger partial charge in [-0.3, -0.25) is 4.99 Å². The minimum atomic E-state index is 0.875. The molecule has 2 aliphatic heterocycles. The predicted octanol–water partition coefficient (Wildman–Crippen LogP) is 1.98. The smallest absolute Gasteiger partial charge is 0.134 e. The van der Waals surface area contributed by atoms with Crippen LogP contribution >= 0.6 is 0 Å². The van der Waals surface area contributed by atoms with E-state index in [1.54, 1.807) is 6.26 Å². The fraction of sp³-hybridized carbons (Fsp3) is 0. The van der Waals surface area contributed by atoms with E-state index in [4.69, 9.17) is 4.74 Å². The van der Waals surface area contributed by atoms with Crippen molar-refractivity contribution < 1.29 is 4.74 Å². The third-order valence-electron chi connectivity index (χ3n) is 3.41. The van der Waals surface area contributed by atoms with Gasteiger partial charge in [0.1, 0.15) is 17.7 Å². The third-order valence-corrected chi connectivity index (χ3v) is 3.41. The molecule has 2 heterocycles. The molecule has 0 atom stereocenters. The molecule has 0 N–H and O–H groups in total. The molecule has 0 spiro atoms. The minimum Gasteiger partial charge on any atom is -0.462 e. The summed E-state index contributed by atoms with van der Waals surface area (Å²) in [5.41, 5.74) is 3.11. The number of allylic oxidation sites excluding steroid dienone is 1. The van der Waals surface area contributed by atoms with E-state index in [1.165, 1.54) is 10.4 Å². The van der Waals surface area contributed by atoms with Gasteiger partial charge in [0, 0.05) is 17.4 Å². The molecule has 0 saturated carbocycles. The average molecular weight is 245 g/mol. The maximum Gasteiger partial charge on any atom is 0.134 e. The zero-order valence-corrected chi connectivity index (χ0v) is 10.2. The van der Waals surface area contributed by atoms with Crippen LogP contribution in [0.25, 0.3) is 11.6 Å². The first-order chi connectivity index (χ1) is 9.43. The maximum absolute atomic E-state index is 5.65. The zero-order valence-electron chi connectivity index (χ0n) is 10.2. The highest BCUT2D eigenvalue weighted by atomic mass is 16.5. The molecule has 2 aromatic rings. The molecule has 0 bridgehead atoms. The zero-order chi connectivity index (χ0) is 12.7. The van der Waals surface area contributed by atoms with Gasteiger partial charge in [-0.15, -0.1) is 0 Å². The van der Waals surface area contributed by atoms with Crippen molar-refractivity contribution >= 4 is 17.9 Å². The van der Waals surface area contributed by atoms with Crippen molar-refractivity contribution in [1.29, 1.82) is 0 Å². The Morgan fingerprint density at radius 2 is 1.74 bits per heavy atom. The largest absolute Gasteiger partial charge is 0.462 e. The van der Waals surface area contributed by atoms with Crippen LogP contribution in [0.5, 0.6) is 5.75 Å². The highest BCUT2D eigenvalue weighted by Crippen LogP contribution is 2.33. The van der Waals surface area contributed by atoms with Crippen LogP contribution in [0.1, 0.15) is 5.56 Å². The quantitative estimate of drug-likeness (QED) is 0.695. The second-order valence-corrected chi connectivity index (χ2v) is 4.52. The summed E-state index contributed by atoms with van der Waals surface area (Å²) in [6, 6.07) is 16.4. The summed E-state index contributed by atoms with van der Waals surface area (Å²) in [7, 11) is 0. The van der Waals surface area contributed by atoms with E-state index >= 15 is 0 Å². The molecule has 2 heteroatoms. The van der Waals surface area contributed by atoms with E-state index < -0.39 is 0 Å². The Bertz CT molecular complexity index is 844. The van der Waals surface area contributed by atoms with Gasteiger partial charge < -0.3 is 4.74 Å². The van der Waals surface area contributed by atoms with E-state index in [9.17, 15) is 0 Å². The number of fused-ring (bicyclic) bond motifs is 4. The number of ether oxygens (including phenoxy) is 1. The number of rotatable bonds is 0. The van der Waals surface area contributed by atoms with Crippen LogP contribution in [0.3, 0.4) is 0 Å². The summed E-state index contributed by atoms with van der Waals surface area (Å²) < 4.78 is 5.65. The van der Waals surface area contributed by atoms with E-state index in [2.05, 4.69) is 29.3 Å². The summed E-state index contributed by atoms with van der Waals surface area (Å²) in [5, 5.41) is 2.38. The van der Waals surface area contributed by atoms with Crippen molar-refractivity contribution in [3.63, 3.8) is 0 Å². The van der Waals surface area contributed by atoms with Crippen molar-refractivity contribution in [2.75, 3.05) is 0 Å². The first-order valence-corrected chi connectivity index (χ1v) is 6.24. The summed E-state index contributed by atoms with van der Waals surface area (Å²) in [4.78, 5) is 4.48. The predicted molar refractivity (Wildman–Crippen MR) is 76.3 cm³/mol.